The fraction of sp³-hybridized carbons (Fsp3) is 0.222. The van der Waals surface area contributed by atoms with Crippen molar-refractivity contribution in [2.75, 3.05) is 6.61 Å². The number of nitrogens with one attached hydrogen (secondary N) is 1. The summed E-state index contributed by atoms with van der Waals surface area (Å²) in [6.45, 7) is 0.0936. The quantitative estimate of drug-likeness (QED) is 0.634. The van der Waals surface area contributed by atoms with E-state index in [1.807, 2.05) is 11.5 Å². The van der Waals surface area contributed by atoms with Crippen LogP contribution in [0, 0.1) is 0 Å². The predicted octanol–water partition coefficient (Wildman–Crippen LogP) is 2.29. The number of hydrogen-bond donors (Lipinski definition) is 3. The number of amides is 1. The zero-order valence-corrected chi connectivity index (χ0v) is 13.4. The zero-order valence-electron chi connectivity index (χ0n) is 13.4. The maximum Gasteiger partial charge on any atom is 0.431 e. The van der Waals surface area contributed by atoms with Gasteiger partial charge >= 0.3 is 12.1 Å². The van der Waals surface area contributed by atoms with Crippen LogP contribution < -0.4 is 5.48 Å². The number of phenolic OH excluding ortho intramolecular Hbond substituents is 1. The number of aromatic hydroxyl groups is 1. The number of rotatable bonds is 8. The number of carbonyl (C=O) groups excluding carboxylic acids is 1. The Hall–Kier alpha value is -3.06. The molecule has 25 heavy (non-hydrogen) atoms. The molecule has 0 aliphatic rings. The first-order valence-corrected chi connectivity index (χ1v) is 7.67. The van der Waals surface area contributed by atoms with Gasteiger partial charge in [-0.25, -0.2) is 9.59 Å². The first-order valence-electron chi connectivity index (χ1n) is 7.67. The van der Waals surface area contributed by atoms with Gasteiger partial charge in [-0.3, -0.25) is 4.84 Å². The molecule has 1 amide bonds. The van der Waals surface area contributed by atoms with E-state index in [1.165, 1.54) is 0 Å². The molecule has 0 spiro atoms. The van der Waals surface area contributed by atoms with Crippen molar-refractivity contribution in [1.29, 1.82) is 0 Å². The van der Waals surface area contributed by atoms with Gasteiger partial charge in [0.2, 0.25) is 0 Å². The number of phenols is 1. The highest BCUT2D eigenvalue weighted by Gasteiger charge is 2.20. The van der Waals surface area contributed by atoms with Gasteiger partial charge in [-0.15, -0.1) is 0 Å². The Morgan fingerprint density at radius 1 is 1.00 bits per heavy atom. The molecule has 0 aliphatic heterocycles. The Morgan fingerprint density at radius 3 is 2.32 bits per heavy atom. The molecule has 0 unspecified atom stereocenters. The highest BCUT2D eigenvalue weighted by atomic mass is 16.7. The SMILES string of the molecule is O=C(NO[C@H](Cc1ccccc1)C(=O)O)OCCc1ccc(O)cc1. The third kappa shape index (κ3) is 6.52. The number of hydroxylamine groups is 1. The fourth-order valence-electron chi connectivity index (χ4n) is 2.08. The summed E-state index contributed by atoms with van der Waals surface area (Å²) in [5.74, 6) is -1.03. The average molecular weight is 345 g/mol. The second-order valence-electron chi connectivity index (χ2n) is 5.29. The number of benzene rings is 2. The van der Waals surface area contributed by atoms with Gasteiger partial charge in [0, 0.05) is 12.8 Å². The van der Waals surface area contributed by atoms with Gasteiger partial charge in [-0.05, 0) is 23.3 Å². The molecule has 2 rings (SSSR count). The van der Waals surface area contributed by atoms with Crippen LogP contribution in [0.2, 0.25) is 0 Å². The van der Waals surface area contributed by atoms with E-state index in [1.54, 1.807) is 48.5 Å². The van der Waals surface area contributed by atoms with Crippen molar-refractivity contribution in [2.45, 2.75) is 18.9 Å². The van der Waals surface area contributed by atoms with E-state index in [0.29, 0.717) is 6.42 Å². The minimum atomic E-state index is -1.22. The Kier molecular flexibility index (Phi) is 6.79. The monoisotopic (exact) mass is 345 g/mol. The normalized spacial score (nSPS) is 11.5. The van der Waals surface area contributed by atoms with Crippen LogP contribution >= 0.6 is 0 Å². The number of carboxylic acids is 1. The molecule has 3 N–H and O–H groups in total. The molecule has 132 valence electrons. The highest BCUT2D eigenvalue weighted by molar-refractivity contribution is 5.73. The minimum Gasteiger partial charge on any atom is -0.508 e. The highest BCUT2D eigenvalue weighted by Crippen LogP contribution is 2.10. The van der Waals surface area contributed by atoms with Crippen LogP contribution in [0.1, 0.15) is 11.1 Å². The first kappa shape index (κ1) is 18.3. The molecule has 0 saturated carbocycles. The van der Waals surface area contributed by atoms with Crippen molar-refractivity contribution in [3.05, 3.63) is 65.7 Å². The number of hydrogen-bond acceptors (Lipinski definition) is 5. The predicted molar refractivity (Wildman–Crippen MR) is 88.9 cm³/mol. The zero-order chi connectivity index (χ0) is 18.1. The number of ether oxygens (including phenoxy) is 1. The average Bonchev–Trinajstić information content (AvgIpc) is 2.61. The van der Waals surface area contributed by atoms with Gasteiger partial charge in [0.15, 0.2) is 6.10 Å². The molecule has 1 atom stereocenters. The smallest absolute Gasteiger partial charge is 0.431 e. The van der Waals surface area contributed by atoms with Crippen LogP contribution in [0.3, 0.4) is 0 Å². The molecule has 0 saturated heterocycles. The summed E-state index contributed by atoms with van der Waals surface area (Å²) < 4.78 is 4.93. The van der Waals surface area contributed by atoms with Crippen LogP contribution in [-0.4, -0.2) is 35.0 Å². The van der Waals surface area contributed by atoms with Crippen molar-refractivity contribution in [3.8, 4) is 5.75 Å². The van der Waals surface area contributed by atoms with E-state index in [9.17, 15) is 14.7 Å². The molecule has 0 fully saturated rings. The topological polar surface area (TPSA) is 105 Å². The third-order valence-corrected chi connectivity index (χ3v) is 3.38. The van der Waals surface area contributed by atoms with Crippen LogP contribution in [0.25, 0.3) is 0 Å². The van der Waals surface area contributed by atoms with Crippen LogP contribution in [0.15, 0.2) is 54.6 Å². The van der Waals surface area contributed by atoms with E-state index < -0.39 is 18.2 Å². The molecule has 0 aliphatic carbocycles. The summed E-state index contributed by atoms with van der Waals surface area (Å²) in [6, 6.07) is 15.5. The number of carboxylic acid groups (broad SMARTS) is 1. The summed E-state index contributed by atoms with van der Waals surface area (Å²) in [5, 5.41) is 18.3. The Bertz CT molecular complexity index is 686. The van der Waals surface area contributed by atoms with Gasteiger partial charge in [0.1, 0.15) is 5.75 Å². The molecule has 7 nitrogen and oxygen atoms in total. The lowest BCUT2D eigenvalue weighted by Crippen LogP contribution is -2.36. The van der Waals surface area contributed by atoms with E-state index >= 15 is 0 Å². The number of aliphatic carboxylic acids is 1. The van der Waals surface area contributed by atoms with Crippen molar-refractivity contribution in [2.24, 2.45) is 0 Å². The standard InChI is InChI=1S/C18H19NO6/c20-15-8-6-13(7-9-15)10-11-24-18(23)19-25-16(17(21)22)12-14-4-2-1-3-5-14/h1-9,16,20H,10-12H2,(H,19,23)(H,21,22)/t16-/m1/s1. The molecule has 0 bridgehead atoms. The van der Waals surface area contributed by atoms with Gasteiger partial charge in [0.25, 0.3) is 0 Å². The molecular weight excluding hydrogens is 326 g/mol. The fourth-order valence-corrected chi connectivity index (χ4v) is 2.08. The van der Waals surface area contributed by atoms with Gasteiger partial charge in [-0.2, -0.15) is 5.48 Å². The summed E-state index contributed by atoms with van der Waals surface area (Å²) in [4.78, 5) is 27.7. The summed E-state index contributed by atoms with van der Waals surface area (Å²) >= 11 is 0. The lowest BCUT2D eigenvalue weighted by molar-refractivity contribution is -0.154. The van der Waals surface area contributed by atoms with Crippen LogP contribution in [0.5, 0.6) is 5.75 Å². The number of carbonyl (C=O) groups is 2. The van der Waals surface area contributed by atoms with Crippen molar-refractivity contribution < 1.29 is 29.4 Å². The van der Waals surface area contributed by atoms with E-state index in [2.05, 4.69) is 0 Å². The third-order valence-electron chi connectivity index (χ3n) is 3.38. The van der Waals surface area contributed by atoms with Gasteiger partial charge < -0.3 is 14.9 Å². The molecule has 7 heteroatoms. The van der Waals surface area contributed by atoms with Gasteiger partial charge in [0.05, 0.1) is 6.61 Å². The van der Waals surface area contributed by atoms with Crippen molar-refractivity contribution >= 4 is 12.1 Å². The molecule has 0 heterocycles. The molecule has 2 aromatic carbocycles. The van der Waals surface area contributed by atoms with E-state index in [-0.39, 0.29) is 18.8 Å². The lowest BCUT2D eigenvalue weighted by Gasteiger charge is -2.14. The van der Waals surface area contributed by atoms with Crippen LogP contribution in [0.4, 0.5) is 4.79 Å². The summed E-state index contributed by atoms with van der Waals surface area (Å²) in [6.07, 6.45) is -1.51. The maximum atomic E-state index is 11.6. The molecule has 0 radical (unpaired) electrons. The second kappa shape index (κ2) is 9.29. The first-order chi connectivity index (χ1) is 12.0. The molecular formula is C18H19NO6. The lowest BCUT2D eigenvalue weighted by atomic mass is 10.1. The van der Waals surface area contributed by atoms with Gasteiger partial charge in [-0.1, -0.05) is 42.5 Å². The molecule has 0 aromatic heterocycles. The Balaban J connectivity index is 1.73. The summed E-state index contributed by atoms with van der Waals surface area (Å²) in [7, 11) is 0. The second-order valence-corrected chi connectivity index (χ2v) is 5.29. The van der Waals surface area contributed by atoms with Crippen LogP contribution in [-0.2, 0) is 27.2 Å². The summed E-state index contributed by atoms with van der Waals surface area (Å²) in [5.41, 5.74) is 3.66. The van der Waals surface area contributed by atoms with Crippen molar-refractivity contribution in [3.63, 3.8) is 0 Å². The Morgan fingerprint density at radius 2 is 1.68 bits per heavy atom. The Labute approximate surface area is 144 Å². The van der Waals surface area contributed by atoms with E-state index in [0.717, 1.165) is 11.1 Å². The maximum absolute atomic E-state index is 11.6. The minimum absolute atomic E-state index is 0.0936. The largest absolute Gasteiger partial charge is 0.508 e. The molecule has 2 aromatic rings. The van der Waals surface area contributed by atoms with E-state index in [4.69, 9.17) is 14.7 Å². The van der Waals surface area contributed by atoms with Crippen molar-refractivity contribution in [1.82, 2.24) is 5.48 Å².